The fourth-order valence-corrected chi connectivity index (χ4v) is 6.47. The largest absolute Gasteiger partial charge is 0.497 e. The molecular formula is C28H38N2O5. The van der Waals surface area contributed by atoms with Gasteiger partial charge in [0.1, 0.15) is 5.75 Å². The van der Waals surface area contributed by atoms with E-state index in [9.17, 15) is 15.0 Å². The van der Waals surface area contributed by atoms with E-state index in [0.29, 0.717) is 31.5 Å². The Labute approximate surface area is 207 Å². The lowest BCUT2D eigenvalue weighted by molar-refractivity contribution is -0.147. The van der Waals surface area contributed by atoms with Crippen LogP contribution in [0.5, 0.6) is 5.75 Å². The zero-order valence-corrected chi connectivity index (χ0v) is 20.6. The standard InChI is InChI=1S/C28H38N2O5/c1-34-21-5-6-26-24(16-21)23(8-10-29-26)27(31)7-4-19-9-11-30(17-25(19)28(32)33)20-13-18(14-20)15-22-3-2-12-35-22/h5-6,8,10,16,18-20,22,25,27,31H,2-4,7,9,11-15,17H2,1H3,(H,32,33)/t18?,19-,20?,22?,25+,27?/m1/s1. The Balaban J connectivity index is 1.16. The minimum absolute atomic E-state index is 0.0869. The van der Waals surface area contributed by atoms with Gasteiger partial charge in [0.25, 0.3) is 0 Å². The predicted octanol–water partition coefficient (Wildman–Crippen LogP) is 4.43. The molecule has 0 spiro atoms. The molecule has 2 N–H and O–H groups in total. The van der Waals surface area contributed by atoms with Gasteiger partial charge in [0.15, 0.2) is 0 Å². The van der Waals surface area contributed by atoms with Gasteiger partial charge < -0.3 is 19.7 Å². The summed E-state index contributed by atoms with van der Waals surface area (Å²) in [6.07, 6.45) is 9.53. The van der Waals surface area contributed by atoms with E-state index >= 15 is 0 Å². The first-order valence-corrected chi connectivity index (χ1v) is 13.2. The van der Waals surface area contributed by atoms with Crippen LogP contribution in [-0.4, -0.2) is 65.0 Å². The molecule has 1 aromatic heterocycles. The average molecular weight is 483 g/mol. The van der Waals surface area contributed by atoms with Gasteiger partial charge in [0, 0.05) is 30.8 Å². The van der Waals surface area contributed by atoms with Crippen molar-refractivity contribution in [3.63, 3.8) is 0 Å². The van der Waals surface area contributed by atoms with Crippen molar-refractivity contribution in [2.75, 3.05) is 26.8 Å². The molecule has 3 aliphatic rings. The molecule has 35 heavy (non-hydrogen) atoms. The third-order valence-corrected chi connectivity index (χ3v) is 8.60. The third-order valence-electron chi connectivity index (χ3n) is 8.60. The molecular weight excluding hydrogens is 444 g/mol. The summed E-state index contributed by atoms with van der Waals surface area (Å²) in [4.78, 5) is 19.0. The Hall–Kier alpha value is -2.22. The van der Waals surface area contributed by atoms with E-state index in [1.165, 1.54) is 32.1 Å². The van der Waals surface area contributed by atoms with Crippen LogP contribution in [0.15, 0.2) is 30.5 Å². The van der Waals surface area contributed by atoms with Crippen molar-refractivity contribution in [2.24, 2.45) is 17.8 Å². The van der Waals surface area contributed by atoms with Crippen LogP contribution in [-0.2, 0) is 9.53 Å². The lowest BCUT2D eigenvalue weighted by Crippen LogP contribution is -2.52. The molecule has 0 amide bonds. The smallest absolute Gasteiger partial charge is 0.308 e. The quantitative estimate of drug-likeness (QED) is 0.546. The highest BCUT2D eigenvalue weighted by Gasteiger charge is 2.41. The van der Waals surface area contributed by atoms with Crippen molar-refractivity contribution >= 4 is 16.9 Å². The monoisotopic (exact) mass is 482 g/mol. The number of ether oxygens (including phenoxy) is 2. The van der Waals surface area contributed by atoms with E-state index in [1.807, 2.05) is 24.3 Å². The molecule has 7 heteroatoms. The van der Waals surface area contributed by atoms with Crippen molar-refractivity contribution in [1.29, 1.82) is 0 Å². The van der Waals surface area contributed by atoms with Gasteiger partial charge in [-0.05, 0) is 99.6 Å². The molecule has 3 heterocycles. The number of methoxy groups -OCH3 is 1. The molecule has 2 aliphatic heterocycles. The zero-order chi connectivity index (χ0) is 24.4. The summed E-state index contributed by atoms with van der Waals surface area (Å²) in [6.45, 7) is 2.49. The Bertz CT molecular complexity index is 1020. The van der Waals surface area contributed by atoms with Gasteiger partial charge in [-0.1, -0.05) is 0 Å². The molecule has 0 bridgehead atoms. The highest BCUT2D eigenvalue weighted by atomic mass is 16.5. The topological polar surface area (TPSA) is 92.1 Å². The number of aliphatic hydroxyl groups excluding tert-OH is 1. The van der Waals surface area contributed by atoms with Crippen LogP contribution in [0.4, 0.5) is 0 Å². The number of carboxylic acid groups (broad SMARTS) is 1. The molecule has 2 unspecified atom stereocenters. The number of rotatable bonds is 9. The van der Waals surface area contributed by atoms with Gasteiger partial charge in [-0.15, -0.1) is 0 Å². The maximum absolute atomic E-state index is 12.2. The number of benzene rings is 1. The Morgan fingerprint density at radius 1 is 1.29 bits per heavy atom. The third kappa shape index (κ3) is 5.47. The second kappa shape index (κ2) is 10.8. The summed E-state index contributed by atoms with van der Waals surface area (Å²) in [5.41, 5.74) is 1.64. The molecule has 1 saturated carbocycles. The van der Waals surface area contributed by atoms with Crippen LogP contribution in [0.2, 0.25) is 0 Å². The average Bonchev–Trinajstić information content (AvgIpc) is 3.37. The predicted molar refractivity (Wildman–Crippen MR) is 133 cm³/mol. The van der Waals surface area contributed by atoms with Crippen LogP contribution >= 0.6 is 0 Å². The lowest BCUT2D eigenvalue weighted by atomic mass is 9.73. The van der Waals surface area contributed by atoms with Gasteiger partial charge >= 0.3 is 5.97 Å². The highest BCUT2D eigenvalue weighted by molar-refractivity contribution is 5.83. The van der Waals surface area contributed by atoms with Crippen molar-refractivity contribution in [3.05, 3.63) is 36.0 Å². The molecule has 2 saturated heterocycles. The van der Waals surface area contributed by atoms with Crippen LogP contribution in [0.3, 0.4) is 0 Å². The number of piperidine rings is 1. The van der Waals surface area contributed by atoms with E-state index in [-0.39, 0.29) is 11.8 Å². The van der Waals surface area contributed by atoms with Crippen molar-refractivity contribution in [2.45, 2.75) is 69.6 Å². The van der Waals surface area contributed by atoms with Crippen molar-refractivity contribution in [3.8, 4) is 5.75 Å². The fourth-order valence-electron chi connectivity index (χ4n) is 6.47. The second-order valence-corrected chi connectivity index (χ2v) is 10.7. The Morgan fingerprint density at radius 3 is 2.89 bits per heavy atom. The van der Waals surface area contributed by atoms with Crippen LogP contribution < -0.4 is 4.74 Å². The van der Waals surface area contributed by atoms with Gasteiger partial charge in [-0.3, -0.25) is 14.7 Å². The van der Waals surface area contributed by atoms with Crippen LogP contribution in [0, 0.1) is 17.8 Å². The number of aromatic nitrogens is 1. The van der Waals surface area contributed by atoms with Gasteiger partial charge in [0.05, 0.1) is 30.8 Å². The number of carbonyl (C=O) groups is 1. The number of fused-ring (bicyclic) bond motifs is 1. The lowest BCUT2D eigenvalue weighted by Gasteiger charge is -2.48. The van der Waals surface area contributed by atoms with E-state index < -0.39 is 12.1 Å². The number of carboxylic acids is 1. The normalized spacial score (nSPS) is 30.2. The molecule has 7 nitrogen and oxygen atoms in total. The molecule has 1 aromatic carbocycles. The number of aliphatic hydroxyl groups is 1. The first-order chi connectivity index (χ1) is 17.0. The van der Waals surface area contributed by atoms with E-state index in [0.717, 1.165) is 47.7 Å². The first kappa shape index (κ1) is 24.5. The number of hydrogen-bond donors (Lipinski definition) is 2. The summed E-state index contributed by atoms with van der Waals surface area (Å²) in [7, 11) is 1.62. The number of pyridine rings is 1. The zero-order valence-electron chi connectivity index (χ0n) is 20.6. The summed E-state index contributed by atoms with van der Waals surface area (Å²) in [6, 6.07) is 8.04. The molecule has 1 aliphatic carbocycles. The fraction of sp³-hybridized carbons (Fsp3) is 0.643. The number of nitrogens with zero attached hydrogens (tertiary/aromatic N) is 2. The number of aliphatic carboxylic acids is 1. The molecule has 0 radical (unpaired) electrons. The highest BCUT2D eigenvalue weighted by Crippen LogP contribution is 2.40. The second-order valence-electron chi connectivity index (χ2n) is 10.7. The van der Waals surface area contributed by atoms with E-state index in [1.54, 1.807) is 13.3 Å². The van der Waals surface area contributed by atoms with E-state index in [2.05, 4.69) is 9.88 Å². The van der Waals surface area contributed by atoms with Gasteiger partial charge in [-0.25, -0.2) is 0 Å². The summed E-state index contributed by atoms with van der Waals surface area (Å²) < 4.78 is 11.1. The number of hydrogen-bond acceptors (Lipinski definition) is 6. The minimum atomic E-state index is -0.705. The Morgan fingerprint density at radius 2 is 2.14 bits per heavy atom. The molecule has 4 atom stereocenters. The maximum Gasteiger partial charge on any atom is 0.308 e. The van der Waals surface area contributed by atoms with Gasteiger partial charge in [-0.2, -0.15) is 0 Å². The SMILES string of the molecule is COc1ccc2nccc(C(O)CC[C@@H]3CCN(C4CC(CC5CCCO5)C4)C[C@@H]3C(=O)O)c2c1. The van der Waals surface area contributed by atoms with E-state index in [4.69, 9.17) is 9.47 Å². The molecule has 5 rings (SSSR count). The minimum Gasteiger partial charge on any atom is -0.497 e. The van der Waals surface area contributed by atoms with Crippen molar-refractivity contribution < 1.29 is 24.5 Å². The first-order valence-electron chi connectivity index (χ1n) is 13.2. The summed E-state index contributed by atoms with van der Waals surface area (Å²) >= 11 is 0. The molecule has 3 fully saturated rings. The molecule has 190 valence electrons. The summed E-state index contributed by atoms with van der Waals surface area (Å²) in [5.74, 6) is 0.467. The Kier molecular flexibility index (Phi) is 7.56. The van der Waals surface area contributed by atoms with Crippen LogP contribution in [0.1, 0.15) is 63.0 Å². The van der Waals surface area contributed by atoms with Crippen LogP contribution in [0.25, 0.3) is 10.9 Å². The van der Waals surface area contributed by atoms with Gasteiger partial charge in [0.2, 0.25) is 0 Å². The maximum atomic E-state index is 12.2. The van der Waals surface area contributed by atoms with Crippen molar-refractivity contribution in [1.82, 2.24) is 9.88 Å². The molecule has 2 aromatic rings. The summed E-state index contributed by atoms with van der Waals surface area (Å²) in [5, 5.41) is 21.9. The number of likely N-dealkylation sites (tertiary alicyclic amines) is 1.